The Bertz CT molecular complexity index is 383. The molecule has 1 aromatic heterocycles. The molecule has 17 heavy (non-hydrogen) atoms. The number of carbonyl (C=O) groups excluding carboxylic acids is 1. The summed E-state index contributed by atoms with van der Waals surface area (Å²) in [7, 11) is 0. The van der Waals surface area contributed by atoms with Gasteiger partial charge in [0, 0.05) is 24.5 Å². The third-order valence-electron chi connectivity index (χ3n) is 3.40. The molecule has 4 heteroatoms. The summed E-state index contributed by atoms with van der Waals surface area (Å²) in [6, 6.07) is 0.362. The molecule has 1 N–H and O–H groups in total. The first-order valence-corrected chi connectivity index (χ1v) is 7.22. The van der Waals surface area contributed by atoms with Gasteiger partial charge in [-0.3, -0.25) is 4.79 Å². The molecule has 2 heterocycles. The van der Waals surface area contributed by atoms with E-state index >= 15 is 0 Å². The predicted octanol–water partition coefficient (Wildman–Crippen LogP) is 2.27. The van der Waals surface area contributed by atoms with Crippen LogP contribution in [0.3, 0.4) is 0 Å². The second-order valence-electron chi connectivity index (χ2n) is 4.56. The van der Waals surface area contributed by atoms with Crippen LogP contribution in [-0.4, -0.2) is 36.5 Å². The number of hydrogen-bond acceptors (Lipinski definition) is 3. The van der Waals surface area contributed by atoms with Crippen molar-refractivity contribution in [3.63, 3.8) is 0 Å². The van der Waals surface area contributed by atoms with Gasteiger partial charge in [0.15, 0.2) is 0 Å². The summed E-state index contributed by atoms with van der Waals surface area (Å²) in [6.07, 6.45) is 2.28. The molecule has 1 saturated heterocycles. The minimum Gasteiger partial charge on any atom is -0.335 e. The number of nitrogens with one attached hydrogen (secondary N) is 1. The lowest BCUT2D eigenvalue weighted by molar-refractivity contribution is 0.0662. The standard InChI is InChI=1S/C13H20N2OS/c1-3-15(11-5-4-6-14-7-11)13(16)12-9-17-8-10(12)2/h8-9,11,14H,3-7H2,1-2H3. The van der Waals surface area contributed by atoms with Crippen LogP contribution < -0.4 is 5.32 Å². The Morgan fingerprint density at radius 3 is 2.94 bits per heavy atom. The van der Waals surface area contributed by atoms with Gasteiger partial charge in [0.05, 0.1) is 5.56 Å². The monoisotopic (exact) mass is 252 g/mol. The van der Waals surface area contributed by atoms with Gasteiger partial charge < -0.3 is 10.2 Å². The largest absolute Gasteiger partial charge is 0.335 e. The highest BCUT2D eigenvalue weighted by atomic mass is 32.1. The molecule has 0 radical (unpaired) electrons. The van der Waals surface area contributed by atoms with Crippen molar-refractivity contribution in [1.82, 2.24) is 10.2 Å². The number of likely N-dealkylation sites (N-methyl/N-ethyl adjacent to an activating group) is 1. The van der Waals surface area contributed by atoms with E-state index in [2.05, 4.69) is 12.2 Å². The van der Waals surface area contributed by atoms with E-state index in [1.807, 2.05) is 22.6 Å². The first kappa shape index (κ1) is 12.6. The third-order valence-corrected chi connectivity index (χ3v) is 4.26. The topological polar surface area (TPSA) is 32.3 Å². The fourth-order valence-electron chi connectivity index (χ4n) is 2.40. The van der Waals surface area contributed by atoms with Gasteiger partial charge in [0.25, 0.3) is 5.91 Å². The third kappa shape index (κ3) is 2.69. The first-order valence-electron chi connectivity index (χ1n) is 6.28. The van der Waals surface area contributed by atoms with Crippen molar-refractivity contribution in [2.24, 2.45) is 0 Å². The van der Waals surface area contributed by atoms with E-state index in [-0.39, 0.29) is 5.91 Å². The number of amides is 1. The molecule has 1 fully saturated rings. The number of piperidine rings is 1. The van der Waals surface area contributed by atoms with Gasteiger partial charge in [-0.25, -0.2) is 0 Å². The smallest absolute Gasteiger partial charge is 0.255 e. The van der Waals surface area contributed by atoms with Crippen molar-refractivity contribution in [2.75, 3.05) is 19.6 Å². The molecule has 1 aliphatic rings. The first-order chi connectivity index (χ1) is 8.24. The number of rotatable bonds is 3. The summed E-state index contributed by atoms with van der Waals surface area (Å²) >= 11 is 1.61. The number of hydrogen-bond donors (Lipinski definition) is 1. The van der Waals surface area contributed by atoms with Crippen molar-refractivity contribution >= 4 is 17.2 Å². The maximum absolute atomic E-state index is 12.5. The number of thiophene rings is 1. The second-order valence-corrected chi connectivity index (χ2v) is 5.30. The SMILES string of the molecule is CCN(C(=O)c1cscc1C)C1CCCNC1. The summed E-state index contributed by atoms with van der Waals surface area (Å²) < 4.78 is 0. The molecule has 1 amide bonds. The highest BCUT2D eigenvalue weighted by Crippen LogP contribution is 2.19. The summed E-state index contributed by atoms with van der Waals surface area (Å²) in [5, 5.41) is 7.38. The zero-order valence-corrected chi connectivity index (χ0v) is 11.3. The van der Waals surface area contributed by atoms with E-state index in [1.165, 1.54) is 0 Å². The van der Waals surface area contributed by atoms with Crippen molar-refractivity contribution < 1.29 is 4.79 Å². The van der Waals surface area contributed by atoms with Gasteiger partial charge in [-0.2, -0.15) is 11.3 Å². The zero-order chi connectivity index (χ0) is 12.3. The fraction of sp³-hybridized carbons (Fsp3) is 0.615. The molecule has 0 aliphatic carbocycles. The average molecular weight is 252 g/mol. The lowest BCUT2D eigenvalue weighted by atomic mass is 10.0. The van der Waals surface area contributed by atoms with E-state index in [1.54, 1.807) is 11.3 Å². The van der Waals surface area contributed by atoms with Gasteiger partial charge >= 0.3 is 0 Å². The summed E-state index contributed by atoms with van der Waals surface area (Å²) in [5.41, 5.74) is 1.98. The molecule has 0 aromatic carbocycles. The summed E-state index contributed by atoms with van der Waals surface area (Å²) in [6.45, 7) is 6.88. The Balaban J connectivity index is 2.12. The normalized spacial score (nSPS) is 20.2. The van der Waals surface area contributed by atoms with Gasteiger partial charge in [-0.1, -0.05) is 0 Å². The summed E-state index contributed by atoms with van der Waals surface area (Å²) in [5.74, 6) is 0.194. The van der Waals surface area contributed by atoms with Gasteiger partial charge in [-0.05, 0) is 44.2 Å². The van der Waals surface area contributed by atoms with Crippen LogP contribution in [0.2, 0.25) is 0 Å². The Hall–Kier alpha value is -0.870. The quantitative estimate of drug-likeness (QED) is 0.895. The van der Waals surface area contributed by atoms with E-state index in [0.29, 0.717) is 6.04 Å². The van der Waals surface area contributed by atoms with E-state index in [4.69, 9.17) is 0 Å². The molecule has 3 nitrogen and oxygen atoms in total. The average Bonchev–Trinajstić information content (AvgIpc) is 2.77. The Morgan fingerprint density at radius 2 is 2.41 bits per heavy atom. The van der Waals surface area contributed by atoms with Gasteiger partial charge in [-0.15, -0.1) is 0 Å². The molecular weight excluding hydrogens is 232 g/mol. The molecule has 0 saturated carbocycles. The fourth-order valence-corrected chi connectivity index (χ4v) is 3.22. The van der Waals surface area contributed by atoms with Crippen molar-refractivity contribution in [3.8, 4) is 0 Å². The molecule has 0 spiro atoms. The van der Waals surface area contributed by atoms with Crippen LogP contribution in [0.15, 0.2) is 10.8 Å². The number of carbonyl (C=O) groups is 1. The molecule has 1 unspecified atom stereocenters. The van der Waals surface area contributed by atoms with Gasteiger partial charge in [0.1, 0.15) is 0 Å². The van der Waals surface area contributed by atoms with E-state index < -0.39 is 0 Å². The maximum atomic E-state index is 12.5. The zero-order valence-electron chi connectivity index (χ0n) is 10.5. The summed E-state index contributed by atoms with van der Waals surface area (Å²) in [4.78, 5) is 14.5. The highest BCUT2D eigenvalue weighted by Gasteiger charge is 2.25. The number of aryl methyl sites for hydroxylation is 1. The van der Waals surface area contributed by atoms with Crippen LogP contribution in [0.5, 0.6) is 0 Å². The van der Waals surface area contributed by atoms with Crippen LogP contribution in [0.25, 0.3) is 0 Å². The van der Waals surface area contributed by atoms with Crippen molar-refractivity contribution in [3.05, 3.63) is 21.9 Å². The van der Waals surface area contributed by atoms with Crippen LogP contribution >= 0.6 is 11.3 Å². The van der Waals surface area contributed by atoms with Crippen LogP contribution in [0.4, 0.5) is 0 Å². The van der Waals surface area contributed by atoms with E-state index in [9.17, 15) is 4.79 Å². The lowest BCUT2D eigenvalue weighted by Crippen LogP contribution is -2.48. The van der Waals surface area contributed by atoms with E-state index in [0.717, 1.165) is 43.6 Å². The minimum atomic E-state index is 0.194. The molecular formula is C13H20N2OS. The molecule has 1 atom stereocenters. The lowest BCUT2D eigenvalue weighted by Gasteiger charge is -2.34. The van der Waals surface area contributed by atoms with Gasteiger partial charge in [0.2, 0.25) is 0 Å². The number of nitrogens with zero attached hydrogens (tertiary/aromatic N) is 1. The molecule has 1 aromatic rings. The van der Waals surface area contributed by atoms with Crippen molar-refractivity contribution in [2.45, 2.75) is 32.7 Å². The van der Waals surface area contributed by atoms with Crippen LogP contribution in [0.1, 0.15) is 35.7 Å². The predicted molar refractivity (Wildman–Crippen MR) is 71.7 cm³/mol. The molecule has 1 aliphatic heterocycles. The molecule has 0 bridgehead atoms. The van der Waals surface area contributed by atoms with Crippen molar-refractivity contribution in [1.29, 1.82) is 0 Å². The molecule has 94 valence electrons. The van der Waals surface area contributed by atoms with Crippen LogP contribution in [-0.2, 0) is 0 Å². The highest BCUT2D eigenvalue weighted by molar-refractivity contribution is 7.08. The second kappa shape index (κ2) is 5.65. The molecule has 2 rings (SSSR count). The van der Waals surface area contributed by atoms with Crippen LogP contribution in [0, 0.1) is 6.92 Å². The Labute approximate surface area is 107 Å². The maximum Gasteiger partial charge on any atom is 0.255 e. The minimum absolute atomic E-state index is 0.194. The Morgan fingerprint density at radius 1 is 1.59 bits per heavy atom. The Kier molecular flexibility index (Phi) is 4.18.